The maximum atomic E-state index is 13.3. The average molecular weight is 580 g/mol. The van der Waals surface area contributed by atoms with E-state index in [-0.39, 0.29) is 31.5 Å². The number of benzene rings is 2. The molecule has 1 saturated heterocycles. The summed E-state index contributed by atoms with van der Waals surface area (Å²) >= 11 is 6.23. The number of aromatic nitrogens is 1. The van der Waals surface area contributed by atoms with Gasteiger partial charge in [-0.1, -0.05) is 29.8 Å². The molecule has 0 aliphatic carbocycles. The average Bonchev–Trinajstić information content (AvgIpc) is 3.00. The number of anilines is 2. The largest absolute Gasteiger partial charge is 0.487 e. The predicted molar refractivity (Wildman–Crippen MR) is 157 cm³/mol. The molecule has 0 radical (unpaired) electrons. The minimum atomic E-state index is -0.353. The van der Waals surface area contributed by atoms with Gasteiger partial charge >= 0.3 is 0 Å². The van der Waals surface area contributed by atoms with Crippen LogP contribution in [0.2, 0.25) is 5.02 Å². The highest BCUT2D eigenvalue weighted by Crippen LogP contribution is 2.36. The van der Waals surface area contributed by atoms with Gasteiger partial charge in [0.05, 0.1) is 25.4 Å². The van der Waals surface area contributed by atoms with Crippen LogP contribution in [-0.4, -0.2) is 92.2 Å². The first-order valence-corrected chi connectivity index (χ1v) is 14.2. The number of hydrogen-bond donors (Lipinski definition) is 1. The first-order valence-electron chi connectivity index (χ1n) is 13.8. The van der Waals surface area contributed by atoms with Crippen molar-refractivity contribution < 1.29 is 23.8 Å². The lowest BCUT2D eigenvalue weighted by molar-refractivity contribution is -0.135. The van der Waals surface area contributed by atoms with Gasteiger partial charge in [0.25, 0.3) is 0 Å². The summed E-state index contributed by atoms with van der Waals surface area (Å²) in [5.41, 5.74) is 0.404. The minimum Gasteiger partial charge on any atom is -0.487 e. The third-order valence-corrected chi connectivity index (χ3v) is 7.19. The minimum absolute atomic E-state index is 0.105. The van der Waals surface area contributed by atoms with Crippen LogP contribution in [0.25, 0.3) is 0 Å². The number of nitrogens with zero attached hydrogens (tertiary/aromatic N) is 4. The van der Waals surface area contributed by atoms with Crippen LogP contribution in [0.4, 0.5) is 11.5 Å². The number of ether oxygens (including phenoxy) is 3. The van der Waals surface area contributed by atoms with Gasteiger partial charge < -0.3 is 29.3 Å². The number of pyridine rings is 1. The summed E-state index contributed by atoms with van der Waals surface area (Å²) in [6.45, 7) is 5.09. The van der Waals surface area contributed by atoms with E-state index in [2.05, 4.69) is 20.1 Å². The SMILES string of the molecule is O=C1CN(C(=O)CCN2CCN(c3ccccn3)CC2)CCOCCOc2ccccc2Oc2ccc(Cl)cc2N1. The maximum Gasteiger partial charge on any atom is 0.244 e. The molecule has 10 nitrogen and oxygen atoms in total. The molecule has 5 rings (SSSR count). The van der Waals surface area contributed by atoms with E-state index in [1.54, 1.807) is 41.4 Å². The number of piperazine rings is 1. The van der Waals surface area contributed by atoms with E-state index in [1.165, 1.54) is 0 Å². The van der Waals surface area contributed by atoms with Crippen molar-refractivity contribution in [2.45, 2.75) is 6.42 Å². The second-order valence-corrected chi connectivity index (χ2v) is 10.2. The monoisotopic (exact) mass is 579 g/mol. The Morgan fingerprint density at radius 2 is 1.71 bits per heavy atom. The number of amides is 2. The van der Waals surface area contributed by atoms with Gasteiger partial charge in [-0.25, -0.2) is 4.98 Å². The van der Waals surface area contributed by atoms with Crippen LogP contribution < -0.4 is 19.7 Å². The molecule has 11 heteroatoms. The van der Waals surface area contributed by atoms with Crippen LogP contribution in [-0.2, 0) is 14.3 Å². The lowest BCUT2D eigenvalue weighted by Gasteiger charge is -2.35. The van der Waals surface area contributed by atoms with Crippen molar-refractivity contribution >= 4 is 34.9 Å². The molecule has 2 aromatic carbocycles. The topological polar surface area (TPSA) is 96.5 Å². The number of carbonyl (C=O) groups is 2. The predicted octanol–water partition coefficient (Wildman–Crippen LogP) is 3.92. The van der Waals surface area contributed by atoms with E-state index in [1.807, 2.05) is 30.3 Å². The summed E-state index contributed by atoms with van der Waals surface area (Å²) in [6.07, 6.45) is 2.11. The smallest absolute Gasteiger partial charge is 0.244 e. The number of halogens is 1. The van der Waals surface area contributed by atoms with E-state index in [9.17, 15) is 9.59 Å². The van der Waals surface area contributed by atoms with Gasteiger partial charge in [0, 0.05) is 56.9 Å². The highest BCUT2D eigenvalue weighted by atomic mass is 35.5. The standard InChI is InChI=1S/C30H34ClN5O5/c31-23-8-9-25-24(21-23)33-29(37)22-36(17-18-39-19-20-40-26-5-1-2-6-27(26)41-25)30(38)10-12-34-13-15-35(16-14-34)28-7-3-4-11-32-28/h1-9,11,21H,10,12-20,22H2,(H,33,37). The first kappa shape index (κ1) is 28.7. The number of nitrogens with one attached hydrogen (secondary N) is 1. The summed E-state index contributed by atoms with van der Waals surface area (Å²) in [5.74, 6) is 1.97. The van der Waals surface area contributed by atoms with Crippen molar-refractivity contribution in [2.75, 3.05) is 75.9 Å². The molecule has 0 atom stereocenters. The van der Waals surface area contributed by atoms with Crippen LogP contribution in [0.3, 0.4) is 0 Å². The molecular formula is C30H34ClN5O5. The van der Waals surface area contributed by atoms with Crippen LogP contribution in [0.5, 0.6) is 17.2 Å². The van der Waals surface area contributed by atoms with E-state index >= 15 is 0 Å². The summed E-state index contributed by atoms with van der Waals surface area (Å²) in [4.78, 5) is 36.9. The second kappa shape index (κ2) is 14.2. The normalized spacial score (nSPS) is 17.1. The second-order valence-electron chi connectivity index (χ2n) is 9.78. The van der Waals surface area contributed by atoms with Crippen molar-refractivity contribution in [1.29, 1.82) is 0 Å². The molecular weight excluding hydrogens is 546 g/mol. The van der Waals surface area contributed by atoms with Crippen molar-refractivity contribution in [3.8, 4) is 17.2 Å². The quantitative estimate of drug-likeness (QED) is 0.497. The van der Waals surface area contributed by atoms with Crippen molar-refractivity contribution in [3.63, 3.8) is 0 Å². The third kappa shape index (κ3) is 8.09. The first-order chi connectivity index (χ1) is 20.0. The van der Waals surface area contributed by atoms with Crippen LogP contribution in [0, 0.1) is 0 Å². The lowest BCUT2D eigenvalue weighted by Crippen LogP contribution is -2.48. The molecule has 2 amide bonds. The Balaban J connectivity index is 1.21. The zero-order chi connectivity index (χ0) is 28.4. The molecule has 0 unspecified atom stereocenters. The van der Waals surface area contributed by atoms with E-state index in [0.29, 0.717) is 54.1 Å². The molecule has 0 saturated carbocycles. The molecule has 1 aromatic heterocycles. The highest BCUT2D eigenvalue weighted by Gasteiger charge is 2.22. The van der Waals surface area contributed by atoms with Gasteiger partial charge in [0.1, 0.15) is 12.4 Å². The van der Waals surface area contributed by atoms with Gasteiger partial charge in [-0.15, -0.1) is 0 Å². The molecule has 0 spiro atoms. The number of hydrogen-bond acceptors (Lipinski definition) is 8. The Bertz CT molecular complexity index is 1320. The Hall–Kier alpha value is -3.86. The Labute approximate surface area is 244 Å². The number of carbonyl (C=O) groups excluding carboxylic acids is 2. The maximum absolute atomic E-state index is 13.3. The highest BCUT2D eigenvalue weighted by molar-refractivity contribution is 6.31. The van der Waals surface area contributed by atoms with Crippen molar-refractivity contribution in [1.82, 2.24) is 14.8 Å². The Morgan fingerprint density at radius 3 is 2.51 bits per heavy atom. The molecule has 2 aliphatic heterocycles. The van der Waals surface area contributed by atoms with Gasteiger partial charge in [0.15, 0.2) is 17.2 Å². The summed E-state index contributed by atoms with van der Waals surface area (Å²) in [7, 11) is 0. The van der Waals surface area contributed by atoms with Gasteiger partial charge in [0.2, 0.25) is 11.8 Å². The molecule has 1 fully saturated rings. The Morgan fingerprint density at radius 1 is 0.902 bits per heavy atom. The number of rotatable bonds is 4. The molecule has 216 valence electrons. The van der Waals surface area contributed by atoms with Crippen molar-refractivity contribution in [3.05, 3.63) is 71.9 Å². The zero-order valence-corrected chi connectivity index (χ0v) is 23.6. The van der Waals surface area contributed by atoms with E-state index < -0.39 is 0 Å². The molecule has 2 aliphatic rings. The van der Waals surface area contributed by atoms with E-state index in [0.717, 1.165) is 32.0 Å². The number of fused-ring (bicyclic) bond motifs is 2. The third-order valence-electron chi connectivity index (χ3n) is 6.95. The fraction of sp³-hybridized carbons (Fsp3) is 0.367. The molecule has 1 N–H and O–H groups in total. The summed E-state index contributed by atoms with van der Waals surface area (Å²) in [5, 5.41) is 3.31. The van der Waals surface area contributed by atoms with Crippen LogP contribution in [0.15, 0.2) is 66.9 Å². The molecule has 3 aromatic rings. The summed E-state index contributed by atoms with van der Waals surface area (Å²) in [6, 6.07) is 18.2. The van der Waals surface area contributed by atoms with Crippen LogP contribution in [0.1, 0.15) is 6.42 Å². The van der Waals surface area contributed by atoms with Crippen molar-refractivity contribution in [2.24, 2.45) is 0 Å². The molecule has 41 heavy (non-hydrogen) atoms. The fourth-order valence-corrected chi connectivity index (χ4v) is 4.93. The Kier molecular flexibility index (Phi) is 9.90. The van der Waals surface area contributed by atoms with Gasteiger partial charge in [-0.2, -0.15) is 0 Å². The lowest BCUT2D eigenvalue weighted by atomic mass is 10.2. The molecule has 0 bridgehead atoms. The van der Waals surface area contributed by atoms with Crippen LogP contribution >= 0.6 is 11.6 Å². The molecule has 3 heterocycles. The van der Waals surface area contributed by atoms with Gasteiger partial charge in [-0.05, 0) is 42.5 Å². The summed E-state index contributed by atoms with van der Waals surface area (Å²) < 4.78 is 17.7. The van der Waals surface area contributed by atoms with Gasteiger partial charge in [-0.3, -0.25) is 14.5 Å². The fourth-order valence-electron chi connectivity index (χ4n) is 4.76. The van der Waals surface area contributed by atoms with E-state index in [4.69, 9.17) is 25.8 Å². The number of para-hydroxylation sites is 2. The zero-order valence-electron chi connectivity index (χ0n) is 22.8.